The van der Waals surface area contributed by atoms with Gasteiger partial charge in [0.05, 0.1) is 16.2 Å². The first-order valence-electron chi connectivity index (χ1n) is 9.47. The van der Waals surface area contributed by atoms with Crippen LogP contribution in [-0.2, 0) is 16.1 Å². The van der Waals surface area contributed by atoms with Crippen LogP contribution < -0.4 is 10.6 Å². The van der Waals surface area contributed by atoms with Crippen LogP contribution in [0.25, 0.3) is 0 Å². The Balaban J connectivity index is 1.56. The third-order valence-electron chi connectivity index (χ3n) is 4.33. The first kappa shape index (κ1) is 22.6. The van der Waals surface area contributed by atoms with Gasteiger partial charge in [0.1, 0.15) is 4.88 Å². The van der Waals surface area contributed by atoms with Gasteiger partial charge in [-0.05, 0) is 30.7 Å². The van der Waals surface area contributed by atoms with Crippen LogP contribution in [0.2, 0.25) is 0 Å². The molecule has 0 saturated carbocycles. The average molecular weight is 453 g/mol. The van der Waals surface area contributed by atoms with E-state index in [0.717, 1.165) is 11.1 Å². The molecule has 1 heterocycles. The summed E-state index contributed by atoms with van der Waals surface area (Å²) in [5.74, 6) is -1.87. The predicted octanol–water partition coefficient (Wildman–Crippen LogP) is 3.69. The van der Waals surface area contributed by atoms with Crippen molar-refractivity contribution in [3.63, 3.8) is 0 Å². The van der Waals surface area contributed by atoms with Crippen molar-refractivity contribution < 1.29 is 24.0 Å². The molecule has 1 aromatic heterocycles. The zero-order valence-corrected chi connectivity index (χ0v) is 17.8. The quantitative estimate of drug-likeness (QED) is 0.304. The van der Waals surface area contributed by atoms with Gasteiger partial charge in [-0.15, -0.1) is 0 Å². The molecule has 3 rings (SSSR count). The largest absolute Gasteiger partial charge is 0.451 e. The molecule has 0 aliphatic carbocycles. The smallest absolute Gasteiger partial charge is 0.349 e. The number of anilines is 1. The number of thiophene rings is 1. The molecule has 0 spiro atoms. The lowest BCUT2D eigenvalue weighted by atomic mass is 10.1. The Morgan fingerprint density at radius 2 is 1.75 bits per heavy atom. The molecule has 3 aromatic rings. The fraction of sp³-hybridized carbons (Fsp3) is 0.136. The van der Waals surface area contributed by atoms with Crippen LogP contribution in [0.4, 0.5) is 10.7 Å². The number of hydrogen-bond donors (Lipinski definition) is 2. The van der Waals surface area contributed by atoms with Crippen LogP contribution in [0, 0.1) is 17.0 Å². The van der Waals surface area contributed by atoms with Crippen LogP contribution in [-0.4, -0.2) is 29.3 Å². The normalized spacial score (nSPS) is 10.3. The Morgan fingerprint density at radius 1 is 1.03 bits per heavy atom. The first-order valence-corrected chi connectivity index (χ1v) is 10.3. The maximum absolute atomic E-state index is 12.6. The van der Waals surface area contributed by atoms with Gasteiger partial charge in [0.25, 0.3) is 11.8 Å². The number of esters is 1. The minimum absolute atomic E-state index is 0.0142. The molecule has 0 bridgehead atoms. The molecule has 164 valence electrons. The van der Waals surface area contributed by atoms with Gasteiger partial charge < -0.3 is 15.4 Å². The van der Waals surface area contributed by atoms with Crippen LogP contribution in [0.5, 0.6) is 0 Å². The van der Waals surface area contributed by atoms with Gasteiger partial charge in [0, 0.05) is 12.6 Å². The SMILES string of the molecule is Cc1ccc(CNC(=O)c2ccccc2NC(=O)COC(=O)c2ccc([N+](=O)[O-])s2)cc1. The summed E-state index contributed by atoms with van der Waals surface area (Å²) in [6.07, 6.45) is 0. The van der Waals surface area contributed by atoms with Crippen LogP contribution in [0.1, 0.15) is 31.2 Å². The molecule has 9 nitrogen and oxygen atoms in total. The number of para-hydroxylation sites is 1. The van der Waals surface area contributed by atoms with Gasteiger partial charge in [-0.25, -0.2) is 4.79 Å². The molecule has 0 fully saturated rings. The average Bonchev–Trinajstić information content (AvgIpc) is 3.28. The Labute approximate surface area is 187 Å². The number of carbonyl (C=O) groups is 3. The molecule has 0 radical (unpaired) electrons. The van der Waals surface area contributed by atoms with E-state index in [0.29, 0.717) is 17.9 Å². The predicted molar refractivity (Wildman–Crippen MR) is 119 cm³/mol. The van der Waals surface area contributed by atoms with Gasteiger partial charge in [0.2, 0.25) is 0 Å². The van der Waals surface area contributed by atoms with Crippen molar-refractivity contribution in [1.82, 2.24) is 5.32 Å². The monoisotopic (exact) mass is 453 g/mol. The van der Waals surface area contributed by atoms with E-state index in [4.69, 9.17) is 4.74 Å². The molecule has 2 N–H and O–H groups in total. The van der Waals surface area contributed by atoms with Gasteiger partial charge in [-0.3, -0.25) is 19.7 Å². The second-order valence-electron chi connectivity index (χ2n) is 6.73. The van der Waals surface area contributed by atoms with Crippen molar-refractivity contribution in [2.45, 2.75) is 13.5 Å². The first-order chi connectivity index (χ1) is 15.3. The highest BCUT2D eigenvalue weighted by Crippen LogP contribution is 2.24. The van der Waals surface area contributed by atoms with Gasteiger partial charge in [-0.1, -0.05) is 53.3 Å². The van der Waals surface area contributed by atoms with E-state index >= 15 is 0 Å². The number of nitrogens with zero attached hydrogens (tertiary/aromatic N) is 1. The summed E-state index contributed by atoms with van der Waals surface area (Å²) in [5, 5.41) is 15.8. The fourth-order valence-electron chi connectivity index (χ4n) is 2.70. The molecule has 2 aromatic carbocycles. The van der Waals surface area contributed by atoms with Gasteiger partial charge in [-0.2, -0.15) is 0 Å². The highest BCUT2D eigenvalue weighted by molar-refractivity contribution is 7.17. The maximum atomic E-state index is 12.6. The van der Waals surface area contributed by atoms with E-state index in [-0.39, 0.29) is 27.0 Å². The standard InChI is InChI=1S/C22H19N3O6S/c1-14-6-8-15(9-7-14)12-23-21(27)16-4-2-3-5-17(16)24-19(26)13-31-22(28)18-10-11-20(32-18)25(29)30/h2-11H,12-13H2,1H3,(H,23,27)(H,24,26). The van der Waals surface area contributed by atoms with E-state index in [2.05, 4.69) is 10.6 Å². The highest BCUT2D eigenvalue weighted by Gasteiger charge is 2.18. The summed E-state index contributed by atoms with van der Waals surface area (Å²) in [6, 6.07) is 16.6. The molecule has 2 amide bonds. The highest BCUT2D eigenvalue weighted by atomic mass is 32.1. The van der Waals surface area contributed by atoms with Crippen LogP contribution >= 0.6 is 11.3 Å². The minimum Gasteiger partial charge on any atom is -0.451 e. The summed E-state index contributed by atoms with van der Waals surface area (Å²) >= 11 is 0.657. The molecule has 0 saturated heterocycles. The second kappa shape index (κ2) is 10.3. The second-order valence-corrected chi connectivity index (χ2v) is 7.80. The van der Waals surface area contributed by atoms with Crippen molar-refractivity contribution in [3.8, 4) is 0 Å². The third-order valence-corrected chi connectivity index (χ3v) is 5.34. The Morgan fingerprint density at radius 3 is 2.44 bits per heavy atom. The Bertz CT molecular complexity index is 1160. The summed E-state index contributed by atoms with van der Waals surface area (Å²) in [4.78, 5) is 46.9. The van der Waals surface area contributed by atoms with E-state index in [1.807, 2.05) is 31.2 Å². The van der Waals surface area contributed by atoms with Crippen molar-refractivity contribution in [2.75, 3.05) is 11.9 Å². The lowest BCUT2D eigenvalue weighted by Gasteiger charge is -2.12. The summed E-state index contributed by atoms with van der Waals surface area (Å²) in [7, 11) is 0. The van der Waals surface area contributed by atoms with Gasteiger partial charge >= 0.3 is 11.0 Å². The topological polar surface area (TPSA) is 128 Å². The lowest BCUT2D eigenvalue weighted by molar-refractivity contribution is -0.380. The molecule has 0 unspecified atom stereocenters. The Hall–Kier alpha value is -4.05. The van der Waals surface area contributed by atoms with E-state index < -0.39 is 23.4 Å². The zero-order chi connectivity index (χ0) is 23.1. The molecule has 0 aliphatic heterocycles. The number of nitro groups is 1. The van der Waals surface area contributed by atoms with Crippen molar-refractivity contribution in [2.24, 2.45) is 0 Å². The van der Waals surface area contributed by atoms with Crippen molar-refractivity contribution in [3.05, 3.63) is 92.3 Å². The van der Waals surface area contributed by atoms with Crippen LogP contribution in [0.3, 0.4) is 0 Å². The number of benzene rings is 2. The number of amides is 2. The number of ether oxygens (including phenoxy) is 1. The number of carbonyl (C=O) groups excluding carboxylic acids is 3. The molecule has 10 heteroatoms. The van der Waals surface area contributed by atoms with E-state index in [9.17, 15) is 24.5 Å². The number of rotatable bonds is 8. The van der Waals surface area contributed by atoms with E-state index in [1.54, 1.807) is 24.3 Å². The van der Waals surface area contributed by atoms with E-state index in [1.165, 1.54) is 12.1 Å². The third kappa shape index (κ3) is 5.99. The molecular formula is C22H19N3O6S. The Kier molecular flexibility index (Phi) is 7.29. The summed E-state index contributed by atoms with van der Waals surface area (Å²) < 4.78 is 4.91. The fourth-order valence-corrected chi connectivity index (χ4v) is 3.41. The van der Waals surface area contributed by atoms with Crippen molar-refractivity contribution in [1.29, 1.82) is 0 Å². The van der Waals surface area contributed by atoms with Crippen molar-refractivity contribution >= 4 is 39.8 Å². The molecule has 32 heavy (non-hydrogen) atoms. The lowest BCUT2D eigenvalue weighted by Crippen LogP contribution is -2.26. The summed E-state index contributed by atoms with van der Waals surface area (Å²) in [6.45, 7) is 1.69. The minimum atomic E-state index is -0.845. The number of aryl methyl sites for hydroxylation is 1. The summed E-state index contributed by atoms with van der Waals surface area (Å²) in [5.41, 5.74) is 2.58. The van der Waals surface area contributed by atoms with Crippen LogP contribution in [0.15, 0.2) is 60.7 Å². The maximum Gasteiger partial charge on any atom is 0.349 e. The molecule has 0 aliphatic rings. The zero-order valence-electron chi connectivity index (χ0n) is 17.0. The van der Waals surface area contributed by atoms with Gasteiger partial charge in [0.15, 0.2) is 6.61 Å². The number of hydrogen-bond acceptors (Lipinski definition) is 7. The molecular weight excluding hydrogens is 434 g/mol. The number of nitrogens with one attached hydrogen (secondary N) is 2. The molecule has 0 atom stereocenters.